The largest absolute Gasteiger partial charge is 0.439 e. The van der Waals surface area contributed by atoms with Crippen molar-refractivity contribution in [2.45, 2.75) is 18.3 Å². The third-order valence-electron chi connectivity index (χ3n) is 2.64. The lowest BCUT2D eigenvalue weighted by Crippen LogP contribution is -2.31. The number of ether oxygens (including phenoxy) is 1. The molecular weight excluding hydrogens is 251 g/mol. The van der Waals surface area contributed by atoms with Crippen molar-refractivity contribution in [2.75, 3.05) is 6.61 Å². The molecule has 0 saturated carbocycles. The molecule has 1 aliphatic rings. The molecule has 0 aromatic heterocycles. The monoisotopic (exact) mass is 261 g/mol. The zero-order chi connectivity index (χ0) is 13.3. The fourth-order valence-corrected chi connectivity index (χ4v) is 1.79. The van der Waals surface area contributed by atoms with Crippen LogP contribution in [0.1, 0.15) is 17.2 Å². The van der Waals surface area contributed by atoms with Gasteiger partial charge in [0, 0.05) is 0 Å². The number of alkyl carbamates (subject to hydrolysis) is 1. The first-order valence-corrected chi connectivity index (χ1v) is 5.17. The number of carbonyl (C=O) groups excluding carboxylic acids is 1. The Hall–Kier alpha value is -1.76. The Labute approximate surface area is 100 Å². The molecule has 1 aliphatic heterocycles. The van der Waals surface area contributed by atoms with Crippen LogP contribution < -0.4 is 5.32 Å². The topological polar surface area (TPSA) is 58.6 Å². The van der Waals surface area contributed by atoms with Gasteiger partial charge in [-0.3, -0.25) is 0 Å². The molecule has 0 spiro atoms. The Bertz CT molecular complexity index is 461. The Morgan fingerprint density at radius 3 is 2.72 bits per heavy atom. The van der Waals surface area contributed by atoms with E-state index in [1.54, 1.807) is 0 Å². The fraction of sp³-hybridized carbons (Fsp3) is 0.364. The molecule has 1 aromatic rings. The lowest BCUT2D eigenvalue weighted by Gasteiger charge is -2.16. The molecule has 1 aromatic carbocycles. The highest BCUT2D eigenvalue weighted by Crippen LogP contribution is 2.33. The van der Waals surface area contributed by atoms with Crippen LogP contribution in [-0.2, 0) is 10.9 Å². The normalized spacial score (nSPS) is 23.7. The van der Waals surface area contributed by atoms with Gasteiger partial charge in [-0.1, -0.05) is 12.1 Å². The van der Waals surface area contributed by atoms with Gasteiger partial charge in [0.1, 0.15) is 0 Å². The molecule has 18 heavy (non-hydrogen) atoms. The van der Waals surface area contributed by atoms with Crippen LogP contribution in [0.25, 0.3) is 0 Å². The highest BCUT2D eigenvalue weighted by atomic mass is 19.4. The smallest absolute Gasteiger partial charge is 0.416 e. The first-order valence-electron chi connectivity index (χ1n) is 5.17. The summed E-state index contributed by atoms with van der Waals surface area (Å²) in [6, 6.07) is 3.76. The number of hydrogen-bond acceptors (Lipinski definition) is 3. The highest BCUT2D eigenvalue weighted by Gasteiger charge is 2.37. The molecule has 0 bridgehead atoms. The minimum atomic E-state index is -4.46. The van der Waals surface area contributed by atoms with E-state index < -0.39 is 36.6 Å². The number of amides is 1. The molecule has 1 fully saturated rings. The predicted octanol–water partition coefficient (Wildman–Crippen LogP) is 1.85. The quantitative estimate of drug-likeness (QED) is 0.854. The van der Waals surface area contributed by atoms with E-state index in [4.69, 9.17) is 9.84 Å². The van der Waals surface area contributed by atoms with Crippen molar-refractivity contribution < 1.29 is 27.8 Å². The number of rotatable bonds is 2. The van der Waals surface area contributed by atoms with Gasteiger partial charge in [-0.25, -0.2) is 4.79 Å². The van der Waals surface area contributed by atoms with Crippen molar-refractivity contribution in [3.05, 3.63) is 35.4 Å². The number of aliphatic hydroxyl groups excluding tert-OH is 1. The van der Waals surface area contributed by atoms with E-state index in [0.717, 1.165) is 12.1 Å². The van der Waals surface area contributed by atoms with Crippen LogP contribution in [0.2, 0.25) is 0 Å². The molecule has 2 rings (SSSR count). The minimum absolute atomic E-state index is 0.197. The van der Waals surface area contributed by atoms with Crippen LogP contribution in [0.15, 0.2) is 24.3 Å². The number of nitrogens with one attached hydrogen (secondary N) is 1. The minimum Gasteiger partial charge on any atom is -0.439 e. The second-order valence-corrected chi connectivity index (χ2v) is 3.88. The number of hydrogen-bond donors (Lipinski definition) is 2. The van der Waals surface area contributed by atoms with E-state index in [9.17, 15) is 18.0 Å². The van der Waals surface area contributed by atoms with E-state index >= 15 is 0 Å². The van der Waals surface area contributed by atoms with Gasteiger partial charge in [-0.05, 0) is 17.7 Å². The first kappa shape index (κ1) is 12.7. The highest BCUT2D eigenvalue weighted by molar-refractivity contribution is 5.70. The average Bonchev–Trinajstić information content (AvgIpc) is 2.69. The van der Waals surface area contributed by atoms with Crippen molar-refractivity contribution in [1.29, 1.82) is 0 Å². The van der Waals surface area contributed by atoms with Crippen LogP contribution in [0, 0.1) is 0 Å². The Balaban J connectivity index is 2.31. The maximum absolute atomic E-state index is 12.5. The summed E-state index contributed by atoms with van der Waals surface area (Å²) in [4.78, 5) is 11.0. The molecule has 7 heteroatoms. The predicted molar refractivity (Wildman–Crippen MR) is 54.7 cm³/mol. The van der Waals surface area contributed by atoms with Gasteiger partial charge >= 0.3 is 12.3 Å². The summed E-state index contributed by atoms with van der Waals surface area (Å²) in [7, 11) is 0. The lowest BCUT2D eigenvalue weighted by molar-refractivity contribution is -0.137. The van der Waals surface area contributed by atoms with Crippen LogP contribution in [0.4, 0.5) is 18.0 Å². The van der Waals surface area contributed by atoms with E-state index in [1.807, 2.05) is 0 Å². The molecular formula is C11H10F3NO3. The van der Waals surface area contributed by atoms with E-state index in [0.29, 0.717) is 0 Å². The maximum Gasteiger partial charge on any atom is 0.416 e. The molecule has 2 N–H and O–H groups in total. The van der Waals surface area contributed by atoms with Crippen LogP contribution in [0.3, 0.4) is 0 Å². The summed E-state index contributed by atoms with van der Waals surface area (Å²) < 4.78 is 42.5. The first-order chi connectivity index (χ1) is 8.41. The van der Waals surface area contributed by atoms with Gasteiger partial charge in [-0.15, -0.1) is 0 Å². The molecule has 0 aliphatic carbocycles. The van der Waals surface area contributed by atoms with Crippen molar-refractivity contribution in [1.82, 2.24) is 5.32 Å². The summed E-state index contributed by atoms with van der Waals surface area (Å²) in [5, 5.41) is 11.3. The third kappa shape index (κ3) is 2.40. The second-order valence-electron chi connectivity index (χ2n) is 3.88. The molecule has 98 valence electrons. The SMILES string of the molecule is O=C1NC(CO)C(c2cccc(C(F)(F)F)c2)O1. The summed E-state index contributed by atoms with van der Waals surface area (Å²) in [5.41, 5.74) is -0.623. The Kier molecular flexibility index (Phi) is 3.16. The van der Waals surface area contributed by atoms with Crippen LogP contribution >= 0.6 is 0 Å². The summed E-state index contributed by atoms with van der Waals surface area (Å²) in [5.74, 6) is 0. The van der Waals surface area contributed by atoms with E-state index in [-0.39, 0.29) is 5.56 Å². The lowest BCUT2D eigenvalue weighted by atomic mass is 10.0. The average molecular weight is 261 g/mol. The van der Waals surface area contributed by atoms with Gasteiger partial charge < -0.3 is 15.2 Å². The van der Waals surface area contributed by atoms with Crippen molar-refractivity contribution >= 4 is 6.09 Å². The molecule has 2 unspecified atom stereocenters. The summed E-state index contributed by atoms with van der Waals surface area (Å²) >= 11 is 0. The molecule has 4 nitrogen and oxygen atoms in total. The van der Waals surface area contributed by atoms with Crippen molar-refractivity contribution in [3.8, 4) is 0 Å². The third-order valence-corrected chi connectivity index (χ3v) is 2.64. The summed E-state index contributed by atoms with van der Waals surface area (Å²) in [6.45, 7) is -0.410. The van der Waals surface area contributed by atoms with Gasteiger partial charge in [0.15, 0.2) is 6.10 Å². The number of cyclic esters (lactones) is 1. The van der Waals surface area contributed by atoms with E-state index in [1.165, 1.54) is 12.1 Å². The fourth-order valence-electron chi connectivity index (χ4n) is 1.79. The standard InChI is InChI=1S/C11H10F3NO3/c12-11(13,14)7-3-1-2-6(4-7)9-8(5-16)15-10(17)18-9/h1-4,8-9,16H,5H2,(H,15,17). The second kappa shape index (κ2) is 4.49. The molecule has 1 saturated heterocycles. The number of halogens is 3. The zero-order valence-corrected chi connectivity index (χ0v) is 9.07. The number of carbonyl (C=O) groups is 1. The Morgan fingerprint density at radius 2 is 2.11 bits per heavy atom. The van der Waals surface area contributed by atoms with Crippen LogP contribution in [0.5, 0.6) is 0 Å². The van der Waals surface area contributed by atoms with Gasteiger partial charge in [0.25, 0.3) is 0 Å². The van der Waals surface area contributed by atoms with Crippen LogP contribution in [-0.4, -0.2) is 23.8 Å². The maximum atomic E-state index is 12.5. The summed E-state index contributed by atoms with van der Waals surface area (Å²) in [6.07, 6.45) is -6.12. The number of alkyl halides is 3. The van der Waals surface area contributed by atoms with Gasteiger partial charge in [0.2, 0.25) is 0 Å². The van der Waals surface area contributed by atoms with Gasteiger partial charge in [-0.2, -0.15) is 13.2 Å². The molecule has 2 atom stereocenters. The van der Waals surface area contributed by atoms with Crippen molar-refractivity contribution in [2.24, 2.45) is 0 Å². The zero-order valence-electron chi connectivity index (χ0n) is 9.07. The number of benzene rings is 1. The number of aliphatic hydroxyl groups is 1. The molecule has 1 amide bonds. The molecule has 0 radical (unpaired) electrons. The Morgan fingerprint density at radius 1 is 1.39 bits per heavy atom. The van der Waals surface area contributed by atoms with E-state index in [2.05, 4.69) is 5.32 Å². The van der Waals surface area contributed by atoms with Gasteiger partial charge in [0.05, 0.1) is 18.2 Å². The molecule has 1 heterocycles. The van der Waals surface area contributed by atoms with Crippen molar-refractivity contribution in [3.63, 3.8) is 0 Å².